The van der Waals surface area contributed by atoms with Crippen molar-refractivity contribution < 1.29 is 9.53 Å². The largest absolute Gasteiger partial charge is 0.378 e. The lowest BCUT2D eigenvalue weighted by Crippen LogP contribution is -2.48. The third-order valence-electron chi connectivity index (χ3n) is 4.60. The van der Waals surface area contributed by atoms with Gasteiger partial charge in [-0.25, -0.2) is 15.0 Å². The number of ether oxygens (including phenoxy) is 1. The molecule has 1 aromatic carbocycles. The van der Waals surface area contributed by atoms with Crippen LogP contribution in [0.15, 0.2) is 48.8 Å². The highest BCUT2D eigenvalue weighted by Gasteiger charge is 2.24. The number of thiazole rings is 1. The van der Waals surface area contributed by atoms with Gasteiger partial charge in [-0.2, -0.15) is 0 Å². The molecule has 0 radical (unpaired) electrons. The number of hydrogen-bond donors (Lipinski definition) is 0. The first kappa shape index (κ1) is 18.5. The maximum absolute atomic E-state index is 12.7. The van der Waals surface area contributed by atoms with E-state index in [4.69, 9.17) is 9.72 Å². The Balaban J connectivity index is 1.41. The molecule has 1 aliphatic heterocycles. The van der Waals surface area contributed by atoms with Gasteiger partial charge in [0.2, 0.25) is 0 Å². The zero-order valence-electron chi connectivity index (χ0n) is 15.6. The van der Waals surface area contributed by atoms with E-state index in [9.17, 15) is 4.79 Å². The van der Waals surface area contributed by atoms with Gasteiger partial charge in [-0.1, -0.05) is 30.3 Å². The molecule has 0 unspecified atom stereocenters. The Morgan fingerprint density at radius 2 is 1.89 bits per heavy atom. The van der Waals surface area contributed by atoms with Gasteiger partial charge in [0, 0.05) is 45.0 Å². The van der Waals surface area contributed by atoms with Crippen LogP contribution in [-0.2, 0) is 11.3 Å². The van der Waals surface area contributed by atoms with E-state index in [1.807, 2.05) is 41.3 Å². The highest BCUT2D eigenvalue weighted by Crippen LogP contribution is 2.21. The van der Waals surface area contributed by atoms with E-state index in [-0.39, 0.29) is 5.91 Å². The Labute approximate surface area is 167 Å². The van der Waals surface area contributed by atoms with E-state index in [0.717, 1.165) is 29.5 Å². The Kier molecular flexibility index (Phi) is 5.59. The number of carbonyl (C=O) groups is 1. The zero-order valence-corrected chi connectivity index (χ0v) is 16.4. The van der Waals surface area contributed by atoms with Gasteiger partial charge in [0.25, 0.3) is 5.91 Å². The highest BCUT2D eigenvalue weighted by molar-refractivity contribution is 7.13. The summed E-state index contributed by atoms with van der Waals surface area (Å²) in [6, 6.07) is 11.9. The Morgan fingerprint density at radius 3 is 2.64 bits per heavy atom. The zero-order chi connectivity index (χ0) is 19.3. The number of amides is 1. The first-order valence-electron chi connectivity index (χ1n) is 9.11. The summed E-state index contributed by atoms with van der Waals surface area (Å²) in [7, 11) is 1.62. The lowest BCUT2D eigenvalue weighted by Gasteiger charge is -2.35. The van der Waals surface area contributed by atoms with Crippen LogP contribution < -0.4 is 4.90 Å². The lowest BCUT2D eigenvalue weighted by atomic mass is 10.2. The Hall–Kier alpha value is -2.84. The van der Waals surface area contributed by atoms with E-state index >= 15 is 0 Å². The van der Waals surface area contributed by atoms with Gasteiger partial charge in [-0.05, 0) is 6.07 Å². The van der Waals surface area contributed by atoms with Crippen molar-refractivity contribution in [2.75, 3.05) is 38.2 Å². The molecule has 1 saturated heterocycles. The van der Waals surface area contributed by atoms with Gasteiger partial charge in [0.05, 0.1) is 12.8 Å². The molecule has 2 aromatic heterocycles. The SMILES string of the molecule is COCc1ncc(C(=O)N2CCN(c3ccnc(-c4ccccc4)n3)CC2)s1. The Morgan fingerprint density at radius 1 is 1.11 bits per heavy atom. The Bertz CT molecular complexity index is 939. The minimum Gasteiger partial charge on any atom is -0.378 e. The molecule has 0 saturated carbocycles. The second-order valence-electron chi connectivity index (χ2n) is 6.43. The quantitative estimate of drug-likeness (QED) is 0.662. The fraction of sp³-hybridized carbons (Fsp3) is 0.300. The van der Waals surface area contributed by atoms with Crippen molar-refractivity contribution in [1.82, 2.24) is 19.9 Å². The van der Waals surface area contributed by atoms with Crippen LogP contribution in [0, 0.1) is 0 Å². The lowest BCUT2D eigenvalue weighted by molar-refractivity contribution is 0.0751. The van der Waals surface area contributed by atoms with Gasteiger partial charge in [-0.15, -0.1) is 11.3 Å². The van der Waals surface area contributed by atoms with Crippen molar-refractivity contribution in [3.05, 3.63) is 58.7 Å². The van der Waals surface area contributed by atoms with Crippen LogP contribution in [0.1, 0.15) is 14.7 Å². The van der Waals surface area contributed by atoms with Crippen molar-refractivity contribution in [3.63, 3.8) is 0 Å². The van der Waals surface area contributed by atoms with Crippen LogP contribution >= 0.6 is 11.3 Å². The number of rotatable bonds is 5. The van der Waals surface area contributed by atoms with Crippen molar-refractivity contribution in [2.24, 2.45) is 0 Å². The van der Waals surface area contributed by atoms with Crippen LogP contribution in [0.3, 0.4) is 0 Å². The second-order valence-corrected chi connectivity index (χ2v) is 7.55. The van der Waals surface area contributed by atoms with Crippen LogP contribution in [0.4, 0.5) is 5.82 Å². The normalized spacial score (nSPS) is 14.3. The van der Waals surface area contributed by atoms with Crippen molar-refractivity contribution in [3.8, 4) is 11.4 Å². The van der Waals surface area contributed by atoms with E-state index < -0.39 is 0 Å². The van der Waals surface area contributed by atoms with Crippen molar-refractivity contribution >= 4 is 23.1 Å². The summed E-state index contributed by atoms with van der Waals surface area (Å²) >= 11 is 1.39. The molecule has 1 amide bonds. The number of anilines is 1. The van der Waals surface area contributed by atoms with E-state index in [0.29, 0.717) is 30.4 Å². The standard InChI is InChI=1S/C20H21N5O2S/c1-27-14-18-22-13-16(28-18)20(26)25-11-9-24(10-12-25)17-7-8-21-19(23-17)15-5-3-2-4-6-15/h2-8,13H,9-12,14H2,1H3. The van der Waals surface area contributed by atoms with Crippen LogP contribution in [0.2, 0.25) is 0 Å². The van der Waals surface area contributed by atoms with Crippen molar-refractivity contribution in [2.45, 2.75) is 6.61 Å². The number of carbonyl (C=O) groups excluding carboxylic acids is 1. The topological polar surface area (TPSA) is 71.5 Å². The van der Waals surface area contributed by atoms with E-state index in [1.165, 1.54) is 11.3 Å². The molecule has 28 heavy (non-hydrogen) atoms. The van der Waals surface area contributed by atoms with Gasteiger partial charge in [-0.3, -0.25) is 4.79 Å². The molecular weight excluding hydrogens is 374 g/mol. The molecule has 3 aromatic rings. The number of hydrogen-bond acceptors (Lipinski definition) is 7. The number of methoxy groups -OCH3 is 1. The predicted molar refractivity (Wildman–Crippen MR) is 108 cm³/mol. The van der Waals surface area contributed by atoms with Crippen LogP contribution in [-0.4, -0.2) is 59.0 Å². The van der Waals surface area contributed by atoms with Gasteiger partial charge < -0.3 is 14.5 Å². The van der Waals surface area contributed by atoms with E-state index in [2.05, 4.69) is 14.9 Å². The summed E-state index contributed by atoms with van der Waals surface area (Å²) < 4.78 is 5.08. The number of piperazine rings is 1. The molecule has 4 rings (SSSR count). The fourth-order valence-corrected chi connectivity index (χ4v) is 4.00. The van der Waals surface area contributed by atoms with Gasteiger partial charge >= 0.3 is 0 Å². The van der Waals surface area contributed by atoms with Crippen LogP contribution in [0.5, 0.6) is 0 Å². The number of aromatic nitrogens is 3. The number of benzene rings is 1. The third-order valence-corrected chi connectivity index (χ3v) is 5.55. The summed E-state index contributed by atoms with van der Waals surface area (Å²) in [5, 5.41) is 0.818. The molecular formula is C20H21N5O2S. The predicted octanol–water partition coefficient (Wildman–Crippen LogP) is 2.71. The first-order chi connectivity index (χ1) is 13.7. The van der Waals surface area contributed by atoms with Crippen LogP contribution in [0.25, 0.3) is 11.4 Å². The molecule has 8 heteroatoms. The molecule has 0 bridgehead atoms. The average molecular weight is 395 g/mol. The summed E-state index contributed by atoms with van der Waals surface area (Å²) in [6.45, 7) is 3.21. The molecule has 144 valence electrons. The van der Waals surface area contributed by atoms with E-state index in [1.54, 1.807) is 19.5 Å². The molecule has 0 spiro atoms. The molecule has 0 atom stereocenters. The highest BCUT2D eigenvalue weighted by atomic mass is 32.1. The molecule has 0 aliphatic carbocycles. The number of nitrogens with zero attached hydrogens (tertiary/aromatic N) is 5. The summed E-state index contributed by atoms with van der Waals surface area (Å²) in [5.74, 6) is 1.64. The summed E-state index contributed by atoms with van der Waals surface area (Å²) in [4.78, 5) is 30.8. The maximum atomic E-state index is 12.7. The maximum Gasteiger partial charge on any atom is 0.265 e. The van der Waals surface area contributed by atoms with Gasteiger partial charge in [0.1, 0.15) is 15.7 Å². The second kappa shape index (κ2) is 8.45. The summed E-state index contributed by atoms with van der Waals surface area (Å²) in [6.07, 6.45) is 3.43. The van der Waals surface area contributed by atoms with Gasteiger partial charge in [0.15, 0.2) is 5.82 Å². The molecule has 0 N–H and O–H groups in total. The monoisotopic (exact) mass is 395 g/mol. The minimum atomic E-state index is 0.0344. The molecule has 1 fully saturated rings. The average Bonchev–Trinajstić information content (AvgIpc) is 3.23. The molecule has 7 nitrogen and oxygen atoms in total. The molecule has 1 aliphatic rings. The van der Waals surface area contributed by atoms with Crippen molar-refractivity contribution in [1.29, 1.82) is 0 Å². The minimum absolute atomic E-state index is 0.0344. The molecule has 3 heterocycles. The summed E-state index contributed by atoms with van der Waals surface area (Å²) in [5.41, 5.74) is 0.996. The third kappa shape index (κ3) is 4.02. The first-order valence-corrected chi connectivity index (χ1v) is 9.92. The fourth-order valence-electron chi connectivity index (χ4n) is 3.15. The smallest absolute Gasteiger partial charge is 0.265 e.